The lowest BCUT2D eigenvalue weighted by Crippen LogP contribution is -2.30. The lowest BCUT2D eigenvalue weighted by atomic mass is 9.77. The minimum absolute atomic E-state index is 0.0559. The van der Waals surface area contributed by atoms with E-state index in [0.717, 1.165) is 0 Å². The minimum Gasteiger partial charge on any atom is -0.481 e. The molecule has 1 aromatic carbocycles. The van der Waals surface area contributed by atoms with Gasteiger partial charge in [0.05, 0.1) is 27.1 Å². The largest absolute Gasteiger partial charge is 0.481 e. The van der Waals surface area contributed by atoms with E-state index in [-0.39, 0.29) is 25.7 Å². The van der Waals surface area contributed by atoms with E-state index in [1.807, 2.05) is 6.08 Å². The summed E-state index contributed by atoms with van der Waals surface area (Å²) in [7, 11) is 0. The van der Waals surface area contributed by atoms with E-state index < -0.39 is 23.9 Å². The first-order valence-electron chi connectivity index (χ1n) is 6.23. The van der Waals surface area contributed by atoms with Crippen LogP contribution >= 0.6 is 46.4 Å². The number of allylic oxidation sites excluding steroid dienone is 2. The van der Waals surface area contributed by atoms with Crippen LogP contribution in [0.1, 0.15) is 24.5 Å². The molecule has 1 aromatic rings. The first-order chi connectivity index (χ1) is 9.84. The van der Waals surface area contributed by atoms with E-state index in [1.54, 1.807) is 6.08 Å². The summed E-state index contributed by atoms with van der Waals surface area (Å²) in [4.78, 5) is 11.3. The monoisotopic (exact) mass is 368 g/mol. The Bertz CT molecular complexity index is 600. The van der Waals surface area contributed by atoms with Crippen LogP contribution in [-0.2, 0) is 4.79 Å². The van der Waals surface area contributed by atoms with Crippen molar-refractivity contribution in [2.24, 2.45) is 11.8 Å². The molecule has 0 radical (unpaired) electrons. The van der Waals surface area contributed by atoms with E-state index in [4.69, 9.17) is 46.4 Å². The Balaban J connectivity index is 2.44. The van der Waals surface area contributed by atoms with Gasteiger partial charge in [-0.15, -0.1) is 0 Å². The van der Waals surface area contributed by atoms with Crippen LogP contribution in [0, 0.1) is 11.8 Å². The molecule has 2 N–H and O–H groups in total. The van der Waals surface area contributed by atoms with Crippen molar-refractivity contribution in [3.8, 4) is 0 Å². The van der Waals surface area contributed by atoms with Crippen LogP contribution in [0.25, 0.3) is 0 Å². The summed E-state index contributed by atoms with van der Waals surface area (Å²) in [6, 6.07) is 1.39. The third-order valence-corrected chi connectivity index (χ3v) is 5.24. The maximum Gasteiger partial charge on any atom is 0.307 e. The van der Waals surface area contributed by atoms with Gasteiger partial charge in [0.2, 0.25) is 0 Å². The van der Waals surface area contributed by atoms with Gasteiger partial charge in [-0.1, -0.05) is 58.6 Å². The molecule has 0 spiro atoms. The van der Waals surface area contributed by atoms with Crippen LogP contribution in [-0.4, -0.2) is 16.2 Å². The third-order valence-electron chi connectivity index (χ3n) is 3.65. The van der Waals surface area contributed by atoms with Gasteiger partial charge < -0.3 is 10.2 Å². The Morgan fingerprint density at radius 1 is 1.10 bits per heavy atom. The average Bonchev–Trinajstić information content (AvgIpc) is 2.44. The number of rotatable bonds is 3. The summed E-state index contributed by atoms with van der Waals surface area (Å²) in [6.07, 6.45) is 3.27. The molecule has 1 aliphatic carbocycles. The van der Waals surface area contributed by atoms with E-state index in [2.05, 4.69) is 0 Å². The third kappa shape index (κ3) is 3.33. The molecule has 0 saturated heterocycles. The first kappa shape index (κ1) is 16.9. The maximum atomic E-state index is 11.3. The SMILES string of the molecule is O=C(O)C1CC=CCC1C(O)c1c(Cl)cc(Cl)c(Cl)c1Cl. The van der Waals surface area contributed by atoms with Crippen LogP contribution in [0.4, 0.5) is 0 Å². The number of carboxylic acid groups (broad SMARTS) is 1. The fraction of sp³-hybridized carbons (Fsp3) is 0.357. The van der Waals surface area contributed by atoms with Crippen molar-refractivity contribution in [3.05, 3.63) is 43.9 Å². The minimum atomic E-state index is -1.13. The summed E-state index contributed by atoms with van der Waals surface area (Å²) < 4.78 is 0. The second-order valence-electron chi connectivity index (χ2n) is 4.88. The molecular formula is C14H12Cl4O3. The summed E-state index contributed by atoms with van der Waals surface area (Å²) in [5.74, 6) is -2.19. The zero-order chi connectivity index (χ0) is 15.7. The van der Waals surface area contributed by atoms with Crippen molar-refractivity contribution in [1.29, 1.82) is 0 Å². The normalized spacial score (nSPS) is 23.1. The molecule has 3 atom stereocenters. The highest BCUT2D eigenvalue weighted by atomic mass is 35.5. The van der Waals surface area contributed by atoms with E-state index >= 15 is 0 Å². The Morgan fingerprint density at radius 3 is 2.33 bits per heavy atom. The lowest BCUT2D eigenvalue weighted by Gasteiger charge is -2.30. The van der Waals surface area contributed by atoms with Gasteiger partial charge in [-0.3, -0.25) is 4.79 Å². The second-order valence-corrected chi connectivity index (χ2v) is 6.45. The fourth-order valence-corrected chi connectivity index (χ4v) is 3.68. The van der Waals surface area contributed by atoms with Crippen molar-refractivity contribution in [2.45, 2.75) is 18.9 Å². The summed E-state index contributed by atoms with van der Waals surface area (Å²) >= 11 is 24.1. The van der Waals surface area contributed by atoms with Gasteiger partial charge in [0.15, 0.2) is 0 Å². The zero-order valence-electron chi connectivity index (χ0n) is 10.7. The van der Waals surface area contributed by atoms with Gasteiger partial charge >= 0.3 is 5.97 Å². The van der Waals surface area contributed by atoms with Crippen LogP contribution in [0.3, 0.4) is 0 Å². The molecular weight excluding hydrogens is 358 g/mol. The predicted molar refractivity (Wildman–Crippen MR) is 84.4 cm³/mol. The Hall–Kier alpha value is -0.450. The number of aliphatic hydroxyl groups is 1. The molecule has 0 aliphatic heterocycles. The highest BCUT2D eigenvalue weighted by Gasteiger charge is 2.36. The van der Waals surface area contributed by atoms with Crippen LogP contribution in [0.15, 0.2) is 18.2 Å². The van der Waals surface area contributed by atoms with E-state index in [1.165, 1.54) is 6.07 Å². The van der Waals surface area contributed by atoms with Crippen molar-refractivity contribution in [2.75, 3.05) is 0 Å². The molecule has 1 aliphatic rings. The summed E-state index contributed by atoms with van der Waals surface area (Å²) in [6.45, 7) is 0. The van der Waals surface area contributed by atoms with Gasteiger partial charge in [-0.2, -0.15) is 0 Å². The van der Waals surface area contributed by atoms with Crippen LogP contribution in [0.2, 0.25) is 20.1 Å². The van der Waals surface area contributed by atoms with Gasteiger partial charge in [-0.25, -0.2) is 0 Å². The first-order valence-corrected chi connectivity index (χ1v) is 7.74. The van der Waals surface area contributed by atoms with Gasteiger partial charge in [0, 0.05) is 16.5 Å². The quantitative estimate of drug-likeness (QED) is 0.447. The Labute approximate surface area is 142 Å². The molecule has 0 fully saturated rings. The molecule has 114 valence electrons. The van der Waals surface area contributed by atoms with Crippen LogP contribution < -0.4 is 0 Å². The van der Waals surface area contributed by atoms with Gasteiger partial charge in [-0.05, 0) is 18.9 Å². The smallest absolute Gasteiger partial charge is 0.307 e. The molecule has 2 rings (SSSR count). The molecule has 7 heteroatoms. The molecule has 0 saturated carbocycles. The summed E-state index contributed by atoms with van der Waals surface area (Å²) in [5.41, 5.74) is 0.222. The predicted octanol–water partition coefficient (Wildman–Crippen LogP) is 5.00. The Kier molecular flexibility index (Phi) is 5.44. The average molecular weight is 370 g/mol. The molecule has 3 unspecified atom stereocenters. The number of aliphatic carboxylic acids is 1. The van der Waals surface area contributed by atoms with Gasteiger partial charge in [0.25, 0.3) is 0 Å². The number of benzene rings is 1. The van der Waals surface area contributed by atoms with E-state index in [0.29, 0.717) is 12.8 Å². The van der Waals surface area contributed by atoms with Gasteiger partial charge in [0.1, 0.15) is 0 Å². The molecule has 3 nitrogen and oxygen atoms in total. The molecule has 21 heavy (non-hydrogen) atoms. The van der Waals surface area contributed by atoms with Crippen molar-refractivity contribution in [3.63, 3.8) is 0 Å². The highest BCUT2D eigenvalue weighted by molar-refractivity contribution is 6.49. The van der Waals surface area contributed by atoms with E-state index in [9.17, 15) is 15.0 Å². The second kappa shape index (κ2) is 6.76. The fourth-order valence-electron chi connectivity index (χ4n) is 2.53. The highest BCUT2D eigenvalue weighted by Crippen LogP contribution is 2.45. The maximum absolute atomic E-state index is 11.3. The number of hydrogen-bond donors (Lipinski definition) is 2. The van der Waals surface area contributed by atoms with Crippen molar-refractivity contribution < 1.29 is 15.0 Å². The zero-order valence-corrected chi connectivity index (χ0v) is 13.7. The topological polar surface area (TPSA) is 57.5 Å². The molecule has 0 aromatic heterocycles. The number of carboxylic acids is 1. The number of hydrogen-bond acceptors (Lipinski definition) is 2. The standard InChI is InChI=1S/C14H12Cl4O3/c15-8-5-9(16)11(17)12(18)10(8)13(19)6-3-1-2-4-7(6)14(20)21/h1-2,5-7,13,19H,3-4H2,(H,20,21). The van der Waals surface area contributed by atoms with Crippen molar-refractivity contribution >= 4 is 52.4 Å². The van der Waals surface area contributed by atoms with Crippen molar-refractivity contribution in [1.82, 2.24) is 0 Å². The Morgan fingerprint density at radius 2 is 1.71 bits per heavy atom. The van der Waals surface area contributed by atoms with Crippen LogP contribution in [0.5, 0.6) is 0 Å². The number of aliphatic hydroxyl groups excluding tert-OH is 1. The number of carbonyl (C=O) groups is 1. The molecule has 0 bridgehead atoms. The summed E-state index contributed by atoms with van der Waals surface area (Å²) in [5, 5.41) is 20.4. The number of halogens is 4. The lowest BCUT2D eigenvalue weighted by molar-refractivity contribution is -0.145. The molecule has 0 heterocycles. The molecule has 0 amide bonds.